The summed E-state index contributed by atoms with van der Waals surface area (Å²) in [5.41, 5.74) is 6.07. The Hall–Kier alpha value is -1.11. The van der Waals surface area contributed by atoms with Gasteiger partial charge in [-0.15, -0.1) is 12.4 Å². The van der Waals surface area contributed by atoms with Gasteiger partial charge >= 0.3 is 0 Å². The molecule has 1 aliphatic rings. The lowest BCUT2D eigenvalue weighted by Crippen LogP contribution is -2.75. The maximum atomic E-state index is 12.6. The van der Waals surface area contributed by atoms with Crippen molar-refractivity contribution in [2.75, 3.05) is 6.61 Å². The van der Waals surface area contributed by atoms with E-state index in [9.17, 15) is 4.79 Å². The van der Waals surface area contributed by atoms with Crippen LogP contribution in [0.15, 0.2) is 12.4 Å². The quantitative estimate of drug-likeness (QED) is 0.858. The fourth-order valence-electron chi connectivity index (χ4n) is 2.89. The Morgan fingerprint density at radius 1 is 1.64 bits per heavy atom. The van der Waals surface area contributed by atoms with Gasteiger partial charge in [-0.2, -0.15) is 5.10 Å². The minimum Gasteiger partial charge on any atom is -0.378 e. The summed E-state index contributed by atoms with van der Waals surface area (Å²) in [4.78, 5) is 12.6. The van der Waals surface area contributed by atoms with Crippen molar-refractivity contribution in [1.82, 2.24) is 15.1 Å². The SMILES string of the molecule is CCOC1CC(N)(C(=O)NC(C)c2cnn(C)c2)C1(C)C.Cl. The molecule has 0 spiro atoms. The van der Waals surface area contributed by atoms with Gasteiger partial charge in [0.05, 0.1) is 18.3 Å². The normalized spacial score (nSPS) is 27.5. The van der Waals surface area contributed by atoms with Crippen molar-refractivity contribution in [3.8, 4) is 0 Å². The van der Waals surface area contributed by atoms with Gasteiger partial charge in [-0.05, 0) is 13.8 Å². The highest BCUT2D eigenvalue weighted by Crippen LogP contribution is 2.50. The summed E-state index contributed by atoms with van der Waals surface area (Å²) >= 11 is 0. The van der Waals surface area contributed by atoms with Gasteiger partial charge in [-0.3, -0.25) is 9.48 Å². The molecule has 2 rings (SSSR count). The summed E-state index contributed by atoms with van der Waals surface area (Å²) in [5.74, 6) is -0.125. The molecule has 0 aromatic carbocycles. The van der Waals surface area contributed by atoms with E-state index in [-0.39, 0.29) is 35.9 Å². The number of carbonyl (C=O) groups excluding carboxylic acids is 1. The number of amides is 1. The average Bonchev–Trinajstić information content (AvgIpc) is 2.84. The van der Waals surface area contributed by atoms with Gasteiger partial charge in [0, 0.05) is 37.3 Å². The zero-order valence-electron chi connectivity index (χ0n) is 13.9. The second-order valence-electron chi connectivity index (χ2n) is 6.48. The largest absolute Gasteiger partial charge is 0.378 e. The summed E-state index contributed by atoms with van der Waals surface area (Å²) in [6.45, 7) is 8.51. The molecule has 1 fully saturated rings. The second kappa shape index (κ2) is 6.56. The molecule has 22 heavy (non-hydrogen) atoms. The van der Waals surface area contributed by atoms with E-state index in [0.717, 1.165) is 5.56 Å². The predicted octanol–water partition coefficient (Wildman–Crippen LogP) is 1.55. The van der Waals surface area contributed by atoms with Gasteiger partial charge in [0.1, 0.15) is 5.54 Å². The van der Waals surface area contributed by atoms with E-state index in [1.807, 2.05) is 40.9 Å². The van der Waals surface area contributed by atoms with Crippen molar-refractivity contribution in [2.45, 2.75) is 51.8 Å². The number of nitrogens with zero attached hydrogens (tertiary/aromatic N) is 2. The van der Waals surface area contributed by atoms with Gasteiger partial charge in [0.15, 0.2) is 0 Å². The fraction of sp³-hybridized carbons (Fsp3) is 0.733. The number of nitrogens with two attached hydrogens (primary N) is 1. The Morgan fingerprint density at radius 2 is 2.27 bits per heavy atom. The Bertz CT molecular complexity index is 531. The number of carbonyl (C=O) groups is 1. The minimum atomic E-state index is -0.886. The van der Waals surface area contributed by atoms with E-state index < -0.39 is 5.54 Å². The lowest BCUT2D eigenvalue weighted by Gasteiger charge is -2.57. The molecule has 1 saturated carbocycles. The average molecular weight is 331 g/mol. The van der Waals surface area contributed by atoms with Crippen LogP contribution >= 0.6 is 12.4 Å². The molecule has 0 aliphatic heterocycles. The third kappa shape index (κ3) is 3.00. The molecule has 1 amide bonds. The van der Waals surface area contributed by atoms with Crippen LogP contribution in [0.2, 0.25) is 0 Å². The molecule has 0 radical (unpaired) electrons. The van der Waals surface area contributed by atoms with E-state index in [1.54, 1.807) is 10.9 Å². The van der Waals surface area contributed by atoms with Crippen LogP contribution in [0, 0.1) is 5.41 Å². The van der Waals surface area contributed by atoms with E-state index in [1.165, 1.54) is 0 Å². The van der Waals surface area contributed by atoms with Gasteiger partial charge in [-0.1, -0.05) is 13.8 Å². The van der Waals surface area contributed by atoms with Crippen LogP contribution in [-0.2, 0) is 16.6 Å². The molecule has 1 aromatic rings. The molecule has 3 N–H and O–H groups in total. The maximum Gasteiger partial charge on any atom is 0.241 e. The van der Waals surface area contributed by atoms with E-state index in [0.29, 0.717) is 13.0 Å². The summed E-state index contributed by atoms with van der Waals surface area (Å²) in [5, 5.41) is 7.12. The lowest BCUT2D eigenvalue weighted by atomic mass is 9.54. The summed E-state index contributed by atoms with van der Waals surface area (Å²) in [6.07, 6.45) is 4.23. The number of halogens is 1. The van der Waals surface area contributed by atoms with Crippen LogP contribution in [0.25, 0.3) is 0 Å². The highest BCUT2D eigenvalue weighted by atomic mass is 35.5. The van der Waals surface area contributed by atoms with Crippen LogP contribution in [0.5, 0.6) is 0 Å². The summed E-state index contributed by atoms with van der Waals surface area (Å²) < 4.78 is 7.38. The number of hydrogen-bond acceptors (Lipinski definition) is 4. The van der Waals surface area contributed by atoms with Gasteiger partial charge in [0.25, 0.3) is 0 Å². The molecule has 0 bridgehead atoms. The number of hydrogen-bond donors (Lipinski definition) is 2. The maximum absolute atomic E-state index is 12.6. The molecule has 1 heterocycles. The smallest absolute Gasteiger partial charge is 0.241 e. The van der Waals surface area contributed by atoms with Crippen LogP contribution < -0.4 is 11.1 Å². The van der Waals surface area contributed by atoms with Crippen LogP contribution in [-0.4, -0.2) is 33.9 Å². The standard InChI is InChI=1S/C15H26N4O2.ClH/c1-6-21-12-7-15(16,14(12,3)4)13(20)18-10(2)11-8-17-19(5)9-11;/h8-10,12H,6-7,16H2,1-5H3,(H,18,20);1H. The van der Waals surface area contributed by atoms with Crippen molar-refractivity contribution in [3.63, 3.8) is 0 Å². The van der Waals surface area contributed by atoms with Gasteiger partial charge in [-0.25, -0.2) is 0 Å². The fourth-order valence-corrected chi connectivity index (χ4v) is 2.89. The lowest BCUT2D eigenvalue weighted by molar-refractivity contribution is -0.171. The molecule has 1 aromatic heterocycles. The molecule has 1 aliphatic carbocycles. The van der Waals surface area contributed by atoms with Crippen LogP contribution in [0.4, 0.5) is 0 Å². The Labute approximate surface area is 138 Å². The topological polar surface area (TPSA) is 82.2 Å². The molecule has 3 unspecified atom stereocenters. The Morgan fingerprint density at radius 3 is 2.73 bits per heavy atom. The van der Waals surface area contributed by atoms with Crippen molar-refractivity contribution in [3.05, 3.63) is 18.0 Å². The molecule has 3 atom stereocenters. The van der Waals surface area contributed by atoms with Crippen molar-refractivity contribution in [2.24, 2.45) is 18.2 Å². The van der Waals surface area contributed by atoms with E-state index in [2.05, 4.69) is 10.4 Å². The van der Waals surface area contributed by atoms with Crippen LogP contribution in [0.1, 0.15) is 45.7 Å². The first-order valence-electron chi connectivity index (χ1n) is 7.42. The highest BCUT2D eigenvalue weighted by molar-refractivity contribution is 5.89. The van der Waals surface area contributed by atoms with Crippen molar-refractivity contribution in [1.29, 1.82) is 0 Å². The molecule has 126 valence electrons. The van der Waals surface area contributed by atoms with Crippen molar-refractivity contribution < 1.29 is 9.53 Å². The number of aromatic nitrogens is 2. The van der Waals surface area contributed by atoms with Crippen molar-refractivity contribution >= 4 is 18.3 Å². The number of rotatable bonds is 5. The number of nitrogens with one attached hydrogen (secondary N) is 1. The third-order valence-electron chi connectivity index (χ3n) is 4.81. The number of ether oxygens (including phenoxy) is 1. The zero-order chi connectivity index (χ0) is 15.8. The minimum absolute atomic E-state index is 0. The first kappa shape index (κ1) is 18.9. The molecular weight excluding hydrogens is 304 g/mol. The summed E-state index contributed by atoms with van der Waals surface area (Å²) in [7, 11) is 1.85. The monoisotopic (exact) mass is 330 g/mol. The number of aryl methyl sites for hydroxylation is 1. The van der Waals surface area contributed by atoms with Gasteiger partial charge in [0.2, 0.25) is 5.91 Å². The molecular formula is C15H27ClN4O2. The highest BCUT2D eigenvalue weighted by Gasteiger charge is 2.62. The zero-order valence-corrected chi connectivity index (χ0v) is 14.7. The first-order chi connectivity index (χ1) is 9.72. The van der Waals surface area contributed by atoms with Gasteiger partial charge < -0.3 is 15.8 Å². The molecule has 0 saturated heterocycles. The van der Waals surface area contributed by atoms with Crippen LogP contribution in [0.3, 0.4) is 0 Å². The Kier molecular flexibility index (Phi) is 5.65. The Balaban J connectivity index is 0.00000242. The third-order valence-corrected chi connectivity index (χ3v) is 4.81. The first-order valence-corrected chi connectivity index (χ1v) is 7.42. The molecule has 6 nitrogen and oxygen atoms in total. The van der Waals surface area contributed by atoms with E-state index >= 15 is 0 Å². The predicted molar refractivity (Wildman–Crippen MR) is 87.7 cm³/mol. The summed E-state index contributed by atoms with van der Waals surface area (Å²) in [6, 6.07) is -0.117. The van der Waals surface area contributed by atoms with E-state index in [4.69, 9.17) is 10.5 Å². The second-order valence-corrected chi connectivity index (χ2v) is 6.48. The molecule has 7 heteroatoms.